The second kappa shape index (κ2) is 7.70. The molecule has 1 fully saturated rings. The fourth-order valence-corrected chi connectivity index (χ4v) is 2.39. The van der Waals surface area contributed by atoms with Gasteiger partial charge in [0, 0.05) is 25.2 Å². The summed E-state index contributed by atoms with van der Waals surface area (Å²) in [6.07, 6.45) is 0. The number of hydrogen-bond donors (Lipinski definition) is 2. The first-order chi connectivity index (χ1) is 10.5. The maximum Gasteiger partial charge on any atom is 0.271 e. The Morgan fingerprint density at radius 1 is 1.41 bits per heavy atom. The quantitative estimate of drug-likeness (QED) is 0.456. The molecule has 2 heterocycles. The molecule has 0 aliphatic carbocycles. The third-order valence-corrected chi connectivity index (χ3v) is 3.59. The van der Waals surface area contributed by atoms with Gasteiger partial charge >= 0.3 is 0 Å². The van der Waals surface area contributed by atoms with Crippen molar-refractivity contribution in [2.45, 2.75) is 26.3 Å². The Labute approximate surface area is 134 Å². The maximum atomic E-state index is 9.08. The van der Waals surface area contributed by atoms with Gasteiger partial charge in [0.15, 0.2) is 0 Å². The van der Waals surface area contributed by atoms with E-state index in [9.17, 15) is 0 Å². The molecule has 0 unspecified atom stereocenters. The molecule has 8 nitrogen and oxygen atoms in total. The number of aromatic nitrogens is 2. The van der Waals surface area contributed by atoms with Gasteiger partial charge in [-0.1, -0.05) is 5.16 Å². The Hall–Kier alpha value is -1.45. The van der Waals surface area contributed by atoms with Gasteiger partial charge in [-0.3, -0.25) is 0 Å². The van der Waals surface area contributed by atoms with Gasteiger partial charge in [-0.25, -0.2) is 0 Å². The summed E-state index contributed by atoms with van der Waals surface area (Å²) in [5, 5.41) is 15.6. The van der Waals surface area contributed by atoms with Crippen molar-refractivity contribution in [1.29, 1.82) is 0 Å². The van der Waals surface area contributed by atoms with Crippen LogP contribution in [0.1, 0.15) is 20.8 Å². The topological polar surface area (TPSA) is 92.1 Å². The Morgan fingerprint density at radius 3 is 2.77 bits per heavy atom. The Bertz CT molecular complexity index is 494. The lowest BCUT2D eigenvalue weighted by Gasteiger charge is -2.26. The molecule has 0 radical (unpaired) electrons. The second-order valence-electron chi connectivity index (χ2n) is 6.05. The predicted molar refractivity (Wildman–Crippen MR) is 85.4 cm³/mol. The lowest BCUT2D eigenvalue weighted by atomic mass is 10.1. The summed E-state index contributed by atoms with van der Waals surface area (Å²) in [5.74, 6) is 1.21. The van der Waals surface area contributed by atoms with Crippen LogP contribution in [0.2, 0.25) is 0 Å². The minimum absolute atomic E-state index is 0.0584. The van der Waals surface area contributed by atoms with E-state index in [0.717, 1.165) is 30.6 Å². The Morgan fingerprint density at radius 2 is 2.14 bits per heavy atom. The predicted octanol–water partition coefficient (Wildman–Crippen LogP) is 0.972. The average molecular weight is 329 g/mol. The third kappa shape index (κ3) is 5.08. The summed E-state index contributed by atoms with van der Waals surface area (Å²) in [4.78, 5) is 2.09. The molecule has 0 saturated carbocycles. The number of anilines is 1. The molecular weight excluding hydrogens is 306 g/mol. The van der Waals surface area contributed by atoms with Crippen molar-refractivity contribution in [3.8, 4) is 5.88 Å². The maximum absolute atomic E-state index is 9.08. The van der Waals surface area contributed by atoms with Gasteiger partial charge in [-0.05, 0) is 20.8 Å². The van der Waals surface area contributed by atoms with Crippen molar-refractivity contribution in [3.63, 3.8) is 0 Å². The van der Waals surface area contributed by atoms with Crippen molar-refractivity contribution in [1.82, 2.24) is 14.1 Å². The van der Waals surface area contributed by atoms with E-state index < -0.39 is 0 Å². The summed E-state index contributed by atoms with van der Waals surface area (Å²) in [6.45, 7) is 9.65. The zero-order valence-corrected chi connectivity index (χ0v) is 14.0. The van der Waals surface area contributed by atoms with E-state index in [4.69, 9.17) is 14.7 Å². The van der Waals surface area contributed by atoms with Crippen LogP contribution < -0.4 is 15.0 Å². The average Bonchev–Trinajstić information content (AvgIpc) is 2.96. The summed E-state index contributed by atoms with van der Waals surface area (Å²) in [5.41, 5.74) is 0.452. The smallest absolute Gasteiger partial charge is 0.271 e. The van der Waals surface area contributed by atoms with Crippen molar-refractivity contribution in [2.24, 2.45) is 5.16 Å². The van der Waals surface area contributed by atoms with E-state index in [1.165, 1.54) is 0 Å². The highest BCUT2D eigenvalue weighted by Crippen LogP contribution is 2.26. The standard InChI is InChI=1S/C13H23N5O3S/c1-13(2,3)14-8-10(15-19)9-21-12-11(16-22-17-12)18-4-6-20-7-5-18/h14,19H,4-9H2,1-3H3. The molecule has 0 spiro atoms. The number of oxime groups is 1. The minimum Gasteiger partial charge on any atom is -0.468 e. The molecule has 0 amide bonds. The molecule has 1 aliphatic rings. The fourth-order valence-electron chi connectivity index (χ4n) is 1.87. The lowest BCUT2D eigenvalue weighted by molar-refractivity contribution is 0.122. The van der Waals surface area contributed by atoms with Crippen LogP contribution in [0.15, 0.2) is 5.16 Å². The number of morpholine rings is 1. The number of rotatable bonds is 6. The van der Waals surface area contributed by atoms with Gasteiger partial charge in [0.05, 0.1) is 24.9 Å². The molecule has 1 aliphatic heterocycles. The summed E-state index contributed by atoms with van der Waals surface area (Å²) >= 11 is 1.11. The highest BCUT2D eigenvalue weighted by molar-refractivity contribution is 6.99. The first kappa shape index (κ1) is 16.9. The molecule has 1 aromatic heterocycles. The van der Waals surface area contributed by atoms with Crippen LogP contribution in [0.3, 0.4) is 0 Å². The van der Waals surface area contributed by atoms with Gasteiger partial charge in [0.2, 0.25) is 5.82 Å². The highest BCUT2D eigenvalue weighted by atomic mass is 32.1. The Kier molecular flexibility index (Phi) is 5.92. The monoisotopic (exact) mass is 329 g/mol. The van der Waals surface area contributed by atoms with Crippen molar-refractivity contribution < 1.29 is 14.7 Å². The molecule has 9 heteroatoms. The third-order valence-electron chi connectivity index (χ3n) is 3.09. The summed E-state index contributed by atoms with van der Waals surface area (Å²) in [6, 6.07) is 0. The van der Waals surface area contributed by atoms with E-state index in [2.05, 4.69) is 24.1 Å². The Balaban J connectivity index is 1.89. The van der Waals surface area contributed by atoms with E-state index in [0.29, 0.717) is 31.4 Å². The largest absolute Gasteiger partial charge is 0.468 e. The van der Waals surface area contributed by atoms with Crippen molar-refractivity contribution >= 4 is 23.3 Å². The minimum atomic E-state index is -0.0584. The first-order valence-electron chi connectivity index (χ1n) is 7.22. The molecule has 0 bridgehead atoms. The molecule has 1 saturated heterocycles. The van der Waals surface area contributed by atoms with Crippen molar-refractivity contribution in [2.75, 3.05) is 44.4 Å². The van der Waals surface area contributed by atoms with Crippen LogP contribution in [0.5, 0.6) is 5.88 Å². The molecule has 2 rings (SSSR count). The van der Waals surface area contributed by atoms with E-state index in [1.54, 1.807) is 0 Å². The van der Waals surface area contributed by atoms with E-state index in [1.807, 2.05) is 20.8 Å². The zero-order valence-electron chi connectivity index (χ0n) is 13.2. The lowest BCUT2D eigenvalue weighted by Crippen LogP contribution is -2.40. The van der Waals surface area contributed by atoms with Crippen LogP contribution >= 0.6 is 11.7 Å². The molecule has 22 heavy (non-hydrogen) atoms. The van der Waals surface area contributed by atoms with Crippen LogP contribution in [0, 0.1) is 0 Å². The van der Waals surface area contributed by atoms with Gasteiger partial charge in [0.25, 0.3) is 5.88 Å². The number of nitrogens with one attached hydrogen (secondary N) is 1. The second-order valence-corrected chi connectivity index (χ2v) is 6.58. The van der Waals surface area contributed by atoms with Gasteiger partial charge in [0.1, 0.15) is 12.3 Å². The molecule has 1 aromatic rings. The number of ether oxygens (including phenoxy) is 2. The molecule has 0 aromatic carbocycles. The van der Waals surface area contributed by atoms with Gasteiger partial charge < -0.3 is 24.9 Å². The molecule has 0 atom stereocenters. The first-order valence-corrected chi connectivity index (χ1v) is 7.95. The van der Waals surface area contributed by atoms with E-state index >= 15 is 0 Å². The molecular formula is C13H23N5O3S. The van der Waals surface area contributed by atoms with Crippen molar-refractivity contribution in [3.05, 3.63) is 0 Å². The zero-order chi connectivity index (χ0) is 16.0. The van der Waals surface area contributed by atoms with Crippen LogP contribution in [-0.2, 0) is 4.74 Å². The van der Waals surface area contributed by atoms with E-state index in [-0.39, 0.29) is 12.1 Å². The van der Waals surface area contributed by atoms with Crippen LogP contribution in [-0.4, -0.2) is 64.7 Å². The van der Waals surface area contributed by atoms with Gasteiger partial charge in [-0.2, -0.15) is 4.37 Å². The van der Waals surface area contributed by atoms with Gasteiger partial charge in [-0.15, -0.1) is 4.37 Å². The van der Waals surface area contributed by atoms with Crippen LogP contribution in [0.25, 0.3) is 0 Å². The SMILES string of the molecule is CC(C)(C)NCC(COc1nsnc1N1CCOCC1)=NO. The molecule has 124 valence electrons. The summed E-state index contributed by atoms with van der Waals surface area (Å²) in [7, 11) is 0. The number of nitrogens with zero attached hydrogens (tertiary/aromatic N) is 4. The van der Waals surface area contributed by atoms with Crippen LogP contribution in [0.4, 0.5) is 5.82 Å². The summed E-state index contributed by atoms with van der Waals surface area (Å²) < 4.78 is 19.5. The normalized spacial score (nSPS) is 16.9. The fraction of sp³-hybridized carbons (Fsp3) is 0.769. The number of hydrogen-bond acceptors (Lipinski definition) is 9. The molecule has 2 N–H and O–H groups in total. The highest BCUT2D eigenvalue weighted by Gasteiger charge is 2.20.